The molecule has 0 spiro atoms. The lowest BCUT2D eigenvalue weighted by atomic mass is 9.86. The fourth-order valence-corrected chi connectivity index (χ4v) is 5.15. The number of benzene rings is 3. The molecule has 1 N–H and O–H groups in total. The van der Waals surface area contributed by atoms with Gasteiger partial charge in [-0.2, -0.15) is 0 Å². The van der Waals surface area contributed by atoms with Crippen LogP contribution in [0.5, 0.6) is 0 Å². The molecule has 34 heavy (non-hydrogen) atoms. The van der Waals surface area contributed by atoms with Crippen LogP contribution in [-0.4, -0.2) is 20.9 Å². The molecular weight excluding hydrogens is 468 g/mol. The number of hydrogen-bond donors (Lipinski definition) is 1. The van der Waals surface area contributed by atoms with E-state index in [1.54, 1.807) is 36.4 Å². The van der Waals surface area contributed by atoms with Gasteiger partial charge in [-0.3, -0.25) is 9.10 Å². The molecule has 0 bridgehead atoms. The topological polar surface area (TPSA) is 66.5 Å². The van der Waals surface area contributed by atoms with Gasteiger partial charge in [0, 0.05) is 5.02 Å². The van der Waals surface area contributed by atoms with Gasteiger partial charge in [0.15, 0.2) is 0 Å². The first-order valence-electron chi connectivity index (χ1n) is 11.1. The summed E-state index contributed by atoms with van der Waals surface area (Å²) in [5, 5.41) is 3.36. The van der Waals surface area contributed by atoms with Gasteiger partial charge in [0.1, 0.15) is 6.54 Å². The summed E-state index contributed by atoms with van der Waals surface area (Å²) in [6.07, 6.45) is 0. The van der Waals surface area contributed by atoms with Crippen LogP contribution in [0.15, 0.2) is 77.7 Å². The zero-order valence-electron chi connectivity index (χ0n) is 20.2. The van der Waals surface area contributed by atoms with Crippen LogP contribution in [0.25, 0.3) is 0 Å². The summed E-state index contributed by atoms with van der Waals surface area (Å²) in [7, 11) is -3.99. The summed E-state index contributed by atoms with van der Waals surface area (Å²) in [5.74, 6) is -0.413. The molecule has 180 valence electrons. The normalized spacial score (nSPS) is 12.8. The van der Waals surface area contributed by atoms with Crippen molar-refractivity contribution < 1.29 is 13.2 Å². The maximum Gasteiger partial charge on any atom is 0.264 e. The van der Waals surface area contributed by atoms with Crippen molar-refractivity contribution in [3.05, 3.63) is 94.5 Å². The van der Waals surface area contributed by atoms with E-state index in [9.17, 15) is 13.2 Å². The van der Waals surface area contributed by atoms with Crippen molar-refractivity contribution in [2.45, 2.75) is 51.0 Å². The second-order valence-electron chi connectivity index (χ2n) is 9.42. The molecule has 1 atom stereocenters. The summed E-state index contributed by atoms with van der Waals surface area (Å²) in [6.45, 7) is 9.77. The molecule has 0 aliphatic heterocycles. The molecular formula is C27H31ClN2O3S. The smallest absolute Gasteiger partial charge is 0.264 e. The van der Waals surface area contributed by atoms with Gasteiger partial charge in [-0.1, -0.05) is 80.9 Å². The molecule has 1 amide bonds. The minimum Gasteiger partial charge on any atom is -0.348 e. The van der Waals surface area contributed by atoms with E-state index in [2.05, 4.69) is 38.2 Å². The van der Waals surface area contributed by atoms with Crippen LogP contribution < -0.4 is 9.62 Å². The van der Waals surface area contributed by atoms with Crippen LogP contribution in [0.3, 0.4) is 0 Å². The third kappa shape index (κ3) is 5.99. The maximum atomic E-state index is 13.5. The van der Waals surface area contributed by atoms with Crippen LogP contribution in [0.2, 0.25) is 5.02 Å². The fourth-order valence-electron chi connectivity index (χ4n) is 3.54. The Morgan fingerprint density at radius 3 is 2.18 bits per heavy atom. The van der Waals surface area contributed by atoms with E-state index in [1.165, 1.54) is 17.7 Å². The predicted molar refractivity (Wildman–Crippen MR) is 139 cm³/mol. The zero-order valence-corrected chi connectivity index (χ0v) is 21.7. The lowest BCUT2D eigenvalue weighted by Crippen LogP contribution is -2.41. The van der Waals surface area contributed by atoms with Crippen molar-refractivity contribution in [3.63, 3.8) is 0 Å². The number of rotatable bonds is 7. The Morgan fingerprint density at radius 1 is 1.00 bits per heavy atom. The second-order valence-corrected chi connectivity index (χ2v) is 11.7. The number of hydrogen-bond acceptors (Lipinski definition) is 3. The molecule has 0 radical (unpaired) electrons. The molecule has 0 aromatic heterocycles. The van der Waals surface area contributed by atoms with Crippen molar-refractivity contribution in [3.8, 4) is 0 Å². The molecule has 3 aromatic rings. The highest BCUT2D eigenvalue weighted by molar-refractivity contribution is 7.92. The quantitative estimate of drug-likeness (QED) is 0.433. The van der Waals surface area contributed by atoms with Gasteiger partial charge in [-0.25, -0.2) is 8.42 Å². The maximum absolute atomic E-state index is 13.5. The Morgan fingerprint density at radius 2 is 1.62 bits per heavy atom. The molecule has 3 aromatic carbocycles. The van der Waals surface area contributed by atoms with Crippen molar-refractivity contribution in [2.24, 2.45) is 0 Å². The molecule has 0 aliphatic rings. The van der Waals surface area contributed by atoms with Gasteiger partial charge < -0.3 is 5.32 Å². The summed E-state index contributed by atoms with van der Waals surface area (Å²) in [5.41, 5.74) is 3.33. The van der Waals surface area contributed by atoms with Gasteiger partial charge in [0.25, 0.3) is 10.0 Å². The lowest BCUT2D eigenvalue weighted by molar-refractivity contribution is -0.120. The summed E-state index contributed by atoms with van der Waals surface area (Å²) in [6, 6.07) is 20.8. The Balaban J connectivity index is 1.86. The third-order valence-corrected chi connectivity index (χ3v) is 7.91. The third-order valence-electron chi connectivity index (χ3n) is 5.72. The molecule has 0 heterocycles. The molecule has 7 heteroatoms. The number of carbonyl (C=O) groups excluding carboxylic acids is 1. The van der Waals surface area contributed by atoms with E-state index in [0.717, 1.165) is 15.4 Å². The molecule has 0 aliphatic carbocycles. The van der Waals surface area contributed by atoms with E-state index < -0.39 is 15.9 Å². The minimum absolute atomic E-state index is 0.0344. The van der Waals surface area contributed by atoms with Gasteiger partial charge in [0.2, 0.25) is 5.91 Å². The highest BCUT2D eigenvalue weighted by Crippen LogP contribution is 2.28. The number of anilines is 1. The average molecular weight is 499 g/mol. The number of nitrogens with zero attached hydrogens (tertiary/aromatic N) is 1. The van der Waals surface area contributed by atoms with E-state index in [0.29, 0.717) is 10.7 Å². The SMILES string of the molecule is Cc1ccc(N(CC(=O)N[C@H](C)c2ccc(C(C)(C)C)cc2)S(=O)(=O)c2ccccc2)cc1Cl. The number of carbonyl (C=O) groups is 1. The fraction of sp³-hybridized carbons (Fsp3) is 0.296. The van der Waals surface area contributed by atoms with Gasteiger partial charge in [0.05, 0.1) is 16.6 Å². The van der Waals surface area contributed by atoms with E-state index in [-0.39, 0.29) is 22.9 Å². The molecule has 0 saturated carbocycles. The van der Waals surface area contributed by atoms with E-state index in [1.807, 2.05) is 26.0 Å². The van der Waals surface area contributed by atoms with Crippen LogP contribution in [-0.2, 0) is 20.2 Å². The Kier molecular flexibility index (Phi) is 7.74. The first kappa shape index (κ1) is 25.8. The summed E-state index contributed by atoms with van der Waals surface area (Å²) in [4.78, 5) is 13.1. The lowest BCUT2D eigenvalue weighted by Gasteiger charge is -2.26. The van der Waals surface area contributed by atoms with Gasteiger partial charge >= 0.3 is 0 Å². The molecule has 0 unspecified atom stereocenters. The molecule has 0 fully saturated rings. The average Bonchev–Trinajstić information content (AvgIpc) is 2.79. The first-order chi connectivity index (χ1) is 15.9. The van der Waals surface area contributed by atoms with Crippen LogP contribution in [0.1, 0.15) is 50.4 Å². The number of halogens is 1. The summed E-state index contributed by atoms with van der Waals surface area (Å²) < 4.78 is 28.0. The van der Waals surface area contributed by atoms with Crippen LogP contribution in [0, 0.1) is 6.92 Å². The number of sulfonamides is 1. The molecule has 0 saturated heterocycles. The van der Waals surface area contributed by atoms with Gasteiger partial charge in [-0.05, 0) is 60.2 Å². The van der Waals surface area contributed by atoms with Gasteiger partial charge in [-0.15, -0.1) is 0 Å². The highest BCUT2D eigenvalue weighted by Gasteiger charge is 2.28. The van der Waals surface area contributed by atoms with Crippen molar-refractivity contribution in [1.82, 2.24) is 5.32 Å². The first-order valence-corrected chi connectivity index (χ1v) is 12.9. The van der Waals surface area contributed by atoms with Crippen molar-refractivity contribution in [1.29, 1.82) is 0 Å². The summed E-state index contributed by atoms with van der Waals surface area (Å²) >= 11 is 6.28. The van der Waals surface area contributed by atoms with E-state index >= 15 is 0 Å². The Bertz CT molecular complexity index is 1250. The van der Waals surface area contributed by atoms with E-state index in [4.69, 9.17) is 11.6 Å². The standard InChI is InChI=1S/C27H31ClN2O3S/c1-19-11-16-23(17-25(19)28)30(34(32,33)24-9-7-6-8-10-24)18-26(31)29-20(2)21-12-14-22(15-13-21)27(3,4)5/h6-17,20H,18H2,1-5H3,(H,29,31)/t20-/m1/s1. The number of nitrogens with one attached hydrogen (secondary N) is 1. The molecule has 3 rings (SSSR count). The Labute approximate surface area is 207 Å². The number of amides is 1. The second kappa shape index (κ2) is 10.2. The Hall–Kier alpha value is -2.83. The van der Waals surface area contributed by atoms with Crippen molar-refractivity contribution in [2.75, 3.05) is 10.8 Å². The zero-order chi connectivity index (χ0) is 25.1. The van der Waals surface area contributed by atoms with Crippen LogP contribution in [0.4, 0.5) is 5.69 Å². The van der Waals surface area contributed by atoms with Crippen LogP contribution >= 0.6 is 11.6 Å². The minimum atomic E-state index is -3.99. The monoisotopic (exact) mass is 498 g/mol. The number of aryl methyl sites for hydroxylation is 1. The van der Waals surface area contributed by atoms with Crippen molar-refractivity contribution >= 4 is 33.2 Å². The largest absolute Gasteiger partial charge is 0.348 e. The highest BCUT2D eigenvalue weighted by atomic mass is 35.5. The predicted octanol–water partition coefficient (Wildman–Crippen LogP) is 6.02. The molecule has 5 nitrogen and oxygen atoms in total.